The Bertz CT molecular complexity index is 620. The van der Waals surface area contributed by atoms with Gasteiger partial charge in [0, 0.05) is 25.8 Å². The first kappa shape index (κ1) is 18.5. The first-order valence-electron chi connectivity index (χ1n) is 8.92. The van der Waals surface area contributed by atoms with Crippen molar-refractivity contribution in [3.8, 4) is 0 Å². The number of rotatable bonds is 8. The van der Waals surface area contributed by atoms with Crippen molar-refractivity contribution in [3.05, 3.63) is 59.3 Å². The number of aromatic nitrogens is 1. The quantitative estimate of drug-likeness (QED) is 0.769. The number of benzene rings is 1. The summed E-state index contributed by atoms with van der Waals surface area (Å²) < 4.78 is 0. The summed E-state index contributed by atoms with van der Waals surface area (Å²) in [7, 11) is 2.12. The van der Waals surface area contributed by atoms with Gasteiger partial charge in [0.05, 0.1) is 0 Å². The third-order valence-corrected chi connectivity index (χ3v) is 4.02. The summed E-state index contributed by atoms with van der Waals surface area (Å²) in [6.45, 7) is 11.7. The number of anilines is 1. The van der Waals surface area contributed by atoms with E-state index in [1.54, 1.807) is 0 Å². The van der Waals surface area contributed by atoms with Crippen molar-refractivity contribution in [2.24, 2.45) is 5.92 Å². The van der Waals surface area contributed by atoms with Gasteiger partial charge in [-0.1, -0.05) is 58.0 Å². The fourth-order valence-corrected chi connectivity index (χ4v) is 2.63. The predicted octanol–water partition coefficient (Wildman–Crippen LogP) is 4.59. The number of nitrogens with zero attached hydrogens (tertiary/aromatic N) is 2. The van der Waals surface area contributed by atoms with Crippen molar-refractivity contribution < 1.29 is 0 Å². The van der Waals surface area contributed by atoms with Gasteiger partial charge in [0.25, 0.3) is 0 Å². The topological polar surface area (TPSA) is 28.2 Å². The molecule has 1 aromatic heterocycles. The molecule has 130 valence electrons. The summed E-state index contributed by atoms with van der Waals surface area (Å²) in [4.78, 5) is 7.10. The second kappa shape index (κ2) is 8.84. The van der Waals surface area contributed by atoms with Crippen LogP contribution < -0.4 is 10.2 Å². The third kappa shape index (κ3) is 5.64. The molecule has 0 aliphatic heterocycles. The normalized spacial score (nSPS) is 11.3. The van der Waals surface area contributed by atoms with Crippen LogP contribution in [0.1, 0.15) is 50.4 Å². The summed E-state index contributed by atoms with van der Waals surface area (Å²) in [5.41, 5.74) is 3.77. The third-order valence-electron chi connectivity index (χ3n) is 4.02. The Hall–Kier alpha value is -1.87. The average molecular weight is 326 g/mol. The maximum Gasteiger partial charge on any atom is 0.129 e. The highest BCUT2D eigenvalue weighted by Gasteiger charge is 2.10. The lowest BCUT2D eigenvalue weighted by Crippen LogP contribution is -2.21. The largest absolute Gasteiger partial charge is 0.355 e. The van der Waals surface area contributed by atoms with Gasteiger partial charge in [0.2, 0.25) is 0 Å². The number of pyridine rings is 1. The van der Waals surface area contributed by atoms with E-state index in [-0.39, 0.29) is 0 Å². The first-order valence-corrected chi connectivity index (χ1v) is 8.92. The Morgan fingerprint density at radius 1 is 1.00 bits per heavy atom. The van der Waals surface area contributed by atoms with Crippen LogP contribution in [0.3, 0.4) is 0 Å². The Morgan fingerprint density at radius 2 is 1.71 bits per heavy atom. The van der Waals surface area contributed by atoms with E-state index in [1.807, 2.05) is 0 Å². The molecule has 0 unspecified atom stereocenters. The summed E-state index contributed by atoms with van der Waals surface area (Å²) in [6.07, 6.45) is 0. The fraction of sp³-hybridized carbons (Fsp3) is 0.476. The van der Waals surface area contributed by atoms with Gasteiger partial charge in [-0.2, -0.15) is 0 Å². The lowest BCUT2D eigenvalue weighted by molar-refractivity contribution is 0.551. The lowest BCUT2D eigenvalue weighted by Gasteiger charge is -2.21. The number of hydrogen-bond donors (Lipinski definition) is 1. The molecule has 0 amide bonds. The molecule has 1 heterocycles. The molecule has 0 spiro atoms. The minimum atomic E-state index is 0.430. The maximum absolute atomic E-state index is 4.87. The highest BCUT2D eigenvalue weighted by molar-refractivity contribution is 5.43. The zero-order valence-corrected chi connectivity index (χ0v) is 15.7. The van der Waals surface area contributed by atoms with Crippen molar-refractivity contribution in [1.29, 1.82) is 0 Å². The number of nitrogens with one attached hydrogen (secondary N) is 1. The van der Waals surface area contributed by atoms with Gasteiger partial charge in [-0.25, -0.2) is 4.98 Å². The summed E-state index contributed by atoms with van der Waals surface area (Å²) >= 11 is 0. The summed E-state index contributed by atoms with van der Waals surface area (Å²) in [5, 5.41) is 3.54. The van der Waals surface area contributed by atoms with Crippen LogP contribution >= 0.6 is 0 Å². The van der Waals surface area contributed by atoms with Crippen molar-refractivity contribution in [2.75, 3.05) is 18.5 Å². The van der Waals surface area contributed by atoms with Crippen LogP contribution in [0.4, 0.5) is 5.82 Å². The van der Waals surface area contributed by atoms with E-state index in [0.29, 0.717) is 11.8 Å². The molecule has 1 aromatic carbocycles. The van der Waals surface area contributed by atoms with Gasteiger partial charge in [-0.3, -0.25) is 0 Å². The minimum Gasteiger partial charge on any atom is -0.355 e. The molecule has 3 heteroatoms. The van der Waals surface area contributed by atoms with E-state index in [4.69, 9.17) is 4.98 Å². The van der Waals surface area contributed by atoms with Crippen LogP contribution in [0.25, 0.3) is 0 Å². The molecule has 0 aliphatic carbocycles. The van der Waals surface area contributed by atoms with Gasteiger partial charge < -0.3 is 10.2 Å². The average Bonchev–Trinajstić information content (AvgIpc) is 2.55. The Kier molecular flexibility index (Phi) is 6.80. The van der Waals surface area contributed by atoms with Gasteiger partial charge in [-0.05, 0) is 41.6 Å². The first-order chi connectivity index (χ1) is 11.5. The van der Waals surface area contributed by atoms with Gasteiger partial charge in [0.1, 0.15) is 5.82 Å². The van der Waals surface area contributed by atoms with Crippen LogP contribution in [0.2, 0.25) is 0 Å². The standard InChI is InChI=1S/C21H31N3/c1-16(2)13-22-14-19-11-20(17(3)4)23-21(12-19)24(5)15-18-9-7-6-8-10-18/h6-12,16-17,22H,13-15H2,1-5H3. The molecular formula is C21H31N3. The molecule has 24 heavy (non-hydrogen) atoms. The van der Waals surface area contributed by atoms with Crippen molar-refractivity contribution >= 4 is 5.82 Å². The van der Waals surface area contributed by atoms with Gasteiger partial charge in [0.15, 0.2) is 0 Å². The van der Waals surface area contributed by atoms with Crippen LogP contribution in [-0.2, 0) is 13.1 Å². The monoisotopic (exact) mass is 325 g/mol. The van der Waals surface area contributed by atoms with E-state index in [9.17, 15) is 0 Å². The van der Waals surface area contributed by atoms with Crippen molar-refractivity contribution in [3.63, 3.8) is 0 Å². The molecule has 0 radical (unpaired) electrons. The van der Waals surface area contributed by atoms with Crippen LogP contribution in [0, 0.1) is 5.92 Å². The van der Waals surface area contributed by atoms with Crippen LogP contribution in [-0.4, -0.2) is 18.6 Å². The highest BCUT2D eigenvalue weighted by atomic mass is 15.2. The Balaban J connectivity index is 2.16. The molecule has 0 saturated carbocycles. The summed E-state index contributed by atoms with van der Waals surface area (Å²) in [5.74, 6) is 2.14. The lowest BCUT2D eigenvalue weighted by atomic mass is 10.1. The molecule has 3 nitrogen and oxygen atoms in total. The van der Waals surface area contributed by atoms with Crippen molar-refractivity contribution in [2.45, 2.75) is 46.7 Å². The van der Waals surface area contributed by atoms with Gasteiger partial charge in [-0.15, -0.1) is 0 Å². The van der Waals surface area contributed by atoms with Crippen LogP contribution in [0.5, 0.6) is 0 Å². The zero-order valence-electron chi connectivity index (χ0n) is 15.7. The Morgan fingerprint density at radius 3 is 2.33 bits per heavy atom. The van der Waals surface area contributed by atoms with E-state index in [1.165, 1.54) is 11.1 Å². The molecule has 0 atom stereocenters. The minimum absolute atomic E-state index is 0.430. The maximum atomic E-state index is 4.87. The van der Waals surface area contributed by atoms with E-state index in [2.05, 4.69) is 87.4 Å². The second-order valence-corrected chi connectivity index (χ2v) is 7.28. The fourth-order valence-electron chi connectivity index (χ4n) is 2.63. The molecule has 1 N–H and O–H groups in total. The predicted molar refractivity (Wildman–Crippen MR) is 103 cm³/mol. The van der Waals surface area contributed by atoms with Gasteiger partial charge >= 0.3 is 0 Å². The van der Waals surface area contributed by atoms with E-state index in [0.717, 1.165) is 31.1 Å². The molecule has 0 bridgehead atoms. The zero-order chi connectivity index (χ0) is 17.5. The Labute approximate surface area is 147 Å². The number of hydrogen-bond acceptors (Lipinski definition) is 3. The SMILES string of the molecule is CC(C)CNCc1cc(C(C)C)nc(N(C)Cc2ccccc2)c1. The van der Waals surface area contributed by atoms with Crippen LogP contribution in [0.15, 0.2) is 42.5 Å². The molecule has 0 aliphatic rings. The van der Waals surface area contributed by atoms with E-state index >= 15 is 0 Å². The molecule has 0 fully saturated rings. The molecule has 2 rings (SSSR count). The highest BCUT2D eigenvalue weighted by Crippen LogP contribution is 2.21. The summed E-state index contributed by atoms with van der Waals surface area (Å²) in [6, 6.07) is 15.0. The molecule has 0 saturated heterocycles. The smallest absolute Gasteiger partial charge is 0.129 e. The molecule has 2 aromatic rings. The molecular weight excluding hydrogens is 294 g/mol. The van der Waals surface area contributed by atoms with Crippen molar-refractivity contribution in [1.82, 2.24) is 10.3 Å². The van der Waals surface area contributed by atoms with E-state index < -0.39 is 0 Å². The second-order valence-electron chi connectivity index (χ2n) is 7.28.